The van der Waals surface area contributed by atoms with E-state index in [9.17, 15) is 4.89 Å². The molecule has 1 unspecified atom stereocenters. The van der Waals surface area contributed by atoms with E-state index in [4.69, 9.17) is 9.05 Å². The molecule has 1 atom stereocenters. The van der Waals surface area contributed by atoms with Crippen molar-refractivity contribution in [2.45, 2.75) is 79.1 Å². The summed E-state index contributed by atoms with van der Waals surface area (Å²) in [5.41, 5.74) is 1.10. The molecule has 0 bridgehead atoms. The van der Waals surface area contributed by atoms with Gasteiger partial charge in [0.1, 0.15) is 14.4 Å². The first kappa shape index (κ1) is 21.4. The molecular formula is C20H34O3P-. The standard InChI is InChI=1S/C20H34O3P/c1-5-6-7-8-9-10-11-14-18-15-12-13-16-19(18)23-24(21)22-17-20(2,3)4/h12-13,15-16H,5-11,14,17H2,1-4H3/q-1. The molecular weight excluding hydrogens is 319 g/mol. The van der Waals surface area contributed by atoms with Gasteiger partial charge in [-0.15, -0.1) is 0 Å². The van der Waals surface area contributed by atoms with Crippen LogP contribution in [0.3, 0.4) is 0 Å². The average molecular weight is 353 g/mol. The van der Waals surface area contributed by atoms with E-state index in [0.29, 0.717) is 12.4 Å². The molecule has 0 saturated heterocycles. The van der Waals surface area contributed by atoms with Crippen molar-refractivity contribution in [1.82, 2.24) is 0 Å². The number of aryl methyl sites for hydroxylation is 1. The molecule has 0 aliphatic heterocycles. The summed E-state index contributed by atoms with van der Waals surface area (Å²) in [4.78, 5) is 12.0. The van der Waals surface area contributed by atoms with E-state index >= 15 is 0 Å². The highest BCUT2D eigenvalue weighted by Gasteiger charge is 2.12. The van der Waals surface area contributed by atoms with Gasteiger partial charge in [-0.1, -0.05) is 84.4 Å². The number of hydrogen-bond acceptors (Lipinski definition) is 3. The van der Waals surface area contributed by atoms with Crippen molar-refractivity contribution >= 4 is 8.60 Å². The van der Waals surface area contributed by atoms with Crippen LogP contribution in [0.5, 0.6) is 5.75 Å². The first-order chi connectivity index (χ1) is 11.4. The zero-order valence-electron chi connectivity index (χ0n) is 15.8. The molecule has 1 aromatic carbocycles. The number of unbranched alkanes of at least 4 members (excludes halogenated alkanes) is 6. The maximum Gasteiger partial charge on any atom is 0.147 e. The van der Waals surface area contributed by atoms with E-state index in [2.05, 4.69) is 13.0 Å². The van der Waals surface area contributed by atoms with Crippen LogP contribution in [0.1, 0.15) is 78.2 Å². The molecule has 4 heteroatoms. The molecule has 3 nitrogen and oxygen atoms in total. The molecule has 0 radical (unpaired) electrons. The second-order valence-electron chi connectivity index (χ2n) is 7.63. The highest BCUT2D eigenvalue weighted by atomic mass is 31.2. The largest absolute Gasteiger partial charge is 0.776 e. The topological polar surface area (TPSA) is 41.5 Å². The van der Waals surface area contributed by atoms with Crippen LogP contribution in [0.2, 0.25) is 0 Å². The van der Waals surface area contributed by atoms with Crippen LogP contribution in [-0.2, 0) is 10.9 Å². The third-order valence-electron chi connectivity index (χ3n) is 3.80. The monoisotopic (exact) mass is 353 g/mol. The minimum Gasteiger partial charge on any atom is -0.776 e. The Morgan fingerprint density at radius 3 is 2.25 bits per heavy atom. The van der Waals surface area contributed by atoms with Gasteiger partial charge in [0.25, 0.3) is 0 Å². The van der Waals surface area contributed by atoms with E-state index in [1.807, 2.05) is 39.0 Å². The summed E-state index contributed by atoms with van der Waals surface area (Å²) >= 11 is 0. The molecule has 0 fully saturated rings. The van der Waals surface area contributed by atoms with E-state index in [1.165, 1.54) is 38.5 Å². The lowest BCUT2D eigenvalue weighted by Crippen LogP contribution is -2.16. The lowest BCUT2D eigenvalue weighted by Gasteiger charge is -2.27. The van der Waals surface area contributed by atoms with Crippen molar-refractivity contribution < 1.29 is 13.9 Å². The van der Waals surface area contributed by atoms with Crippen molar-refractivity contribution in [1.29, 1.82) is 0 Å². The fourth-order valence-corrected chi connectivity index (χ4v) is 3.31. The summed E-state index contributed by atoms with van der Waals surface area (Å²) in [6, 6.07) is 7.85. The Morgan fingerprint density at radius 2 is 1.58 bits per heavy atom. The molecule has 0 aromatic heterocycles. The van der Waals surface area contributed by atoms with Crippen molar-refractivity contribution in [3.63, 3.8) is 0 Å². The highest BCUT2D eigenvalue weighted by molar-refractivity contribution is 7.39. The minimum atomic E-state index is -2.12. The Morgan fingerprint density at radius 1 is 0.958 bits per heavy atom. The van der Waals surface area contributed by atoms with Crippen LogP contribution in [0, 0.1) is 5.41 Å². The lowest BCUT2D eigenvalue weighted by molar-refractivity contribution is -0.198. The van der Waals surface area contributed by atoms with E-state index in [-0.39, 0.29) is 5.41 Å². The van der Waals surface area contributed by atoms with Crippen molar-refractivity contribution in [2.24, 2.45) is 5.41 Å². The molecule has 0 N–H and O–H groups in total. The first-order valence-corrected chi connectivity index (χ1v) is 10.4. The smallest absolute Gasteiger partial charge is 0.147 e. The second-order valence-corrected chi connectivity index (χ2v) is 8.52. The van der Waals surface area contributed by atoms with Gasteiger partial charge in [0.05, 0.1) is 6.61 Å². The Balaban J connectivity index is 2.36. The van der Waals surface area contributed by atoms with Gasteiger partial charge in [-0.2, -0.15) is 0 Å². The van der Waals surface area contributed by atoms with Crippen molar-refractivity contribution in [2.75, 3.05) is 6.61 Å². The van der Waals surface area contributed by atoms with Gasteiger partial charge in [0.15, 0.2) is 0 Å². The summed E-state index contributed by atoms with van der Waals surface area (Å²) in [5.74, 6) is 0.693. The summed E-state index contributed by atoms with van der Waals surface area (Å²) in [6.45, 7) is 8.80. The first-order valence-electron chi connectivity index (χ1n) is 9.28. The highest BCUT2D eigenvalue weighted by Crippen LogP contribution is 2.35. The van der Waals surface area contributed by atoms with Crippen molar-refractivity contribution in [3.05, 3.63) is 29.8 Å². The summed E-state index contributed by atoms with van der Waals surface area (Å²) in [6.07, 6.45) is 9.97. The number of para-hydroxylation sites is 1. The van der Waals surface area contributed by atoms with Crippen LogP contribution < -0.4 is 9.42 Å². The van der Waals surface area contributed by atoms with Crippen LogP contribution in [0.4, 0.5) is 0 Å². The molecule has 0 heterocycles. The van der Waals surface area contributed by atoms with Crippen LogP contribution >= 0.6 is 8.60 Å². The van der Waals surface area contributed by atoms with Gasteiger partial charge in [-0.25, -0.2) is 0 Å². The van der Waals surface area contributed by atoms with Crippen LogP contribution in [-0.4, -0.2) is 6.61 Å². The summed E-state index contributed by atoms with van der Waals surface area (Å²) in [7, 11) is -2.12. The van der Waals surface area contributed by atoms with Crippen LogP contribution in [0.15, 0.2) is 24.3 Å². The third-order valence-corrected chi connectivity index (χ3v) is 4.48. The normalized spacial score (nSPS) is 13.0. The van der Waals surface area contributed by atoms with Gasteiger partial charge in [-0.3, -0.25) is 0 Å². The molecule has 0 aliphatic carbocycles. The van der Waals surface area contributed by atoms with E-state index < -0.39 is 8.60 Å². The van der Waals surface area contributed by atoms with Gasteiger partial charge in [-0.05, 0) is 29.9 Å². The number of hydrogen-bond donors (Lipinski definition) is 0. The number of benzene rings is 1. The Labute approximate surface area is 149 Å². The Hall–Kier alpha value is -0.630. The minimum absolute atomic E-state index is 0.0222. The van der Waals surface area contributed by atoms with Crippen LogP contribution in [0.25, 0.3) is 0 Å². The Kier molecular flexibility index (Phi) is 10.6. The molecule has 138 valence electrons. The predicted octanol–water partition coefficient (Wildman–Crippen LogP) is 6.01. The van der Waals surface area contributed by atoms with Gasteiger partial charge >= 0.3 is 0 Å². The fraction of sp³-hybridized carbons (Fsp3) is 0.700. The quantitative estimate of drug-likeness (QED) is 0.341. The molecule has 0 saturated carbocycles. The zero-order valence-corrected chi connectivity index (χ0v) is 16.7. The predicted molar refractivity (Wildman–Crippen MR) is 101 cm³/mol. The van der Waals surface area contributed by atoms with E-state index in [1.54, 1.807) is 0 Å². The van der Waals surface area contributed by atoms with Gasteiger partial charge in [0.2, 0.25) is 0 Å². The maximum absolute atomic E-state index is 12.0. The molecule has 1 rings (SSSR count). The number of rotatable bonds is 12. The molecule has 0 spiro atoms. The second kappa shape index (κ2) is 11.8. The van der Waals surface area contributed by atoms with Gasteiger partial charge in [0, 0.05) is 0 Å². The lowest BCUT2D eigenvalue weighted by atomic mass is 9.99. The third kappa shape index (κ3) is 10.3. The van der Waals surface area contributed by atoms with Gasteiger partial charge < -0.3 is 13.9 Å². The van der Waals surface area contributed by atoms with E-state index in [0.717, 1.165) is 18.4 Å². The molecule has 24 heavy (non-hydrogen) atoms. The zero-order chi connectivity index (χ0) is 17.8. The Bertz CT molecular complexity index is 443. The van der Waals surface area contributed by atoms with Crippen molar-refractivity contribution in [3.8, 4) is 5.75 Å². The summed E-state index contributed by atoms with van der Waals surface area (Å²) in [5, 5.41) is 0. The molecule has 0 aliphatic rings. The maximum atomic E-state index is 12.0. The SMILES string of the molecule is CCCCCCCCCc1ccccc1OP([O-])OCC(C)(C)C. The molecule has 0 amide bonds. The fourth-order valence-electron chi connectivity index (χ4n) is 2.42. The molecule has 1 aromatic rings. The summed E-state index contributed by atoms with van der Waals surface area (Å²) < 4.78 is 10.9. The average Bonchev–Trinajstić information content (AvgIpc) is 2.53.